The number of tetrazole rings is 1. The second-order valence-electron chi connectivity index (χ2n) is 6.47. The van der Waals surface area contributed by atoms with Crippen molar-refractivity contribution in [3.63, 3.8) is 0 Å². The molecule has 0 aliphatic rings. The number of amides is 1. The van der Waals surface area contributed by atoms with Gasteiger partial charge >= 0.3 is 0 Å². The van der Waals surface area contributed by atoms with E-state index in [0.717, 1.165) is 5.56 Å². The predicted octanol–water partition coefficient (Wildman–Crippen LogP) is 4.24. The van der Waals surface area contributed by atoms with Gasteiger partial charge in [0.25, 0.3) is 5.91 Å². The normalized spacial score (nSPS) is 11.3. The molecule has 0 atom stereocenters. The van der Waals surface area contributed by atoms with Crippen molar-refractivity contribution in [2.45, 2.75) is 0 Å². The minimum atomic E-state index is -0.506. The fraction of sp³-hybridized carbons (Fsp3) is 0.0909. The molecule has 32 heavy (non-hydrogen) atoms. The topological polar surface area (TPSA) is 104 Å². The van der Waals surface area contributed by atoms with Gasteiger partial charge in [-0.15, -0.1) is 5.10 Å². The monoisotopic (exact) mass is 451 g/mol. The minimum absolute atomic E-state index is 0.125. The van der Waals surface area contributed by atoms with Crippen molar-refractivity contribution in [1.82, 2.24) is 20.2 Å². The number of hydrogen-bond acceptors (Lipinski definition) is 7. The Labute approximate surface area is 188 Å². The quantitative estimate of drug-likeness (QED) is 0.419. The third kappa shape index (κ3) is 4.33. The summed E-state index contributed by atoms with van der Waals surface area (Å²) < 4.78 is 17.4. The van der Waals surface area contributed by atoms with Gasteiger partial charge in [0, 0.05) is 23.8 Å². The number of rotatable bonds is 7. The Balaban J connectivity index is 1.77. The lowest BCUT2D eigenvalue weighted by molar-refractivity contribution is -0.111. The first kappa shape index (κ1) is 21.1. The first-order valence-corrected chi connectivity index (χ1v) is 9.80. The van der Waals surface area contributed by atoms with Gasteiger partial charge in [-0.2, -0.15) is 4.68 Å². The number of nitrogens with one attached hydrogen (secondary N) is 1. The minimum Gasteiger partial charge on any atom is -0.495 e. The van der Waals surface area contributed by atoms with Gasteiger partial charge in [-0.25, -0.2) is 0 Å². The summed E-state index contributed by atoms with van der Waals surface area (Å²) in [6.45, 7) is 0. The average molecular weight is 452 g/mol. The van der Waals surface area contributed by atoms with Crippen LogP contribution in [0, 0.1) is 0 Å². The van der Waals surface area contributed by atoms with Gasteiger partial charge < -0.3 is 19.2 Å². The molecular weight excluding hydrogens is 434 g/mol. The maximum absolute atomic E-state index is 13.4. The highest BCUT2D eigenvalue weighted by Gasteiger charge is 2.22. The van der Waals surface area contributed by atoms with Crippen molar-refractivity contribution in [1.29, 1.82) is 0 Å². The second kappa shape index (κ2) is 9.36. The zero-order valence-corrected chi connectivity index (χ0v) is 17.9. The van der Waals surface area contributed by atoms with Crippen LogP contribution < -0.4 is 14.8 Å². The molecule has 0 unspecified atom stereocenters. The van der Waals surface area contributed by atoms with Gasteiger partial charge in [-0.1, -0.05) is 41.9 Å². The summed E-state index contributed by atoms with van der Waals surface area (Å²) >= 11 is 6.17. The number of ether oxygens (including phenoxy) is 2. The number of carbonyl (C=O) groups excluding carboxylic acids is 1. The fourth-order valence-corrected chi connectivity index (χ4v) is 3.22. The molecule has 4 aromatic rings. The number of benzene rings is 2. The van der Waals surface area contributed by atoms with Crippen molar-refractivity contribution in [3.05, 3.63) is 71.6 Å². The Morgan fingerprint density at radius 3 is 2.56 bits per heavy atom. The van der Waals surface area contributed by atoms with Crippen molar-refractivity contribution in [2.24, 2.45) is 0 Å². The molecule has 0 spiro atoms. The maximum Gasteiger partial charge on any atom is 0.274 e. The summed E-state index contributed by atoms with van der Waals surface area (Å²) in [5, 5.41) is 15.0. The van der Waals surface area contributed by atoms with E-state index in [1.807, 2.05) is 30.3 Å². The highest BCUT2D eigenvalue weighted by atomic mass is 35.5. The third-order valence-corrected chi connectivity index (χ3v) is 4.80. The van der Waals surface area contributed by atoms with Crippen molar-refractivity contribution >= 4 is 35.0 Å². The van der Waals surface area contributed by atoms with Crippen LogP contribution in [0.5, 0.6) is 11.5 Å². The standard InChI is InChI=1S/C22H18ClN5O4/c1-30-19-13-17(20(31-2)12-16(19)23)24-22(29)18(11-15-9-6-10-32-15)28-21(25-26-27-28)14-7-4-3-5-8-14/h3-13H,1-2H3,(H,24,29)/b18-11+. The van der Waals surface area contributed by atoms with Gasteiger partial charge in [0.1, 0.15) is 23.0 Å². The van der Waals surface area contributed by atoms with Crippen LogP contribution >= 0.6 is 11.6 Å². The van der Waals surface area contributed by atoms with Crippen LogP contribution in [0.15, 0.2) is 65.3 Å². The van der Waals surface area contributed by atoms with E-state index in [4.69, 9.17) is 25.5 Å². The molecule has 9 nitrogen and oxygen atoms in total. The molecular formula is C22H18ClN5O4. The Hall–Kier alpha value is -4.11. The molecule has 10 heteroatoms. The van der Waals surface area contributed by atoms with Crippen LogP contribution in [-0.2, 0) is 4.79 Å². The molecule has 0 aliphatic heterocycles. The van der Waals surface area contributed by atoms with Crippen LogP contribution in [0.1, 0.15) is 5.76 Å². The molecule has 162 valence electrons. The van der Waals surface area contributed by atoms with E-state index in [1.54, 1.807) is 24.3 Å². The average Bonchev–Trinajstić information content (AvgIpc) is 3.51. The smallest absolute Gasteiger partial charge is 0.274 e. The summed E-state index contributed by atoms with van der Waals surface area (Å²) in [6, 6.07) is 15.8. The molecule has 0 saturated carbocycles. The number of hydrogen-bond donors (Lipinski definition) is 1. The first-order valence-electron chi connectivity index (χ1n) is 9.43. The zero-order chi connectivity index (χ0) is 22.5. The molecule has 0 saturated heterocycles. The van der Waals surface area contributed by atoms with E-state index in [-0.39, 0.29) is 5.70 Å². The molecule has 2 aromatic carbocycles. The second-order valence-corrected chi connectivity index (χ2v) is 6.87. The molecule has 0 bridgehead atoms. The van der Waals surface area contributed by atoms with E-state index < -0.39 is 5.91 Å². The fourth-order valence-electron chi connectivity index (χ4n) is 2.99. The summed E-state index contributed by atoms with van der Waals surface area (Å²) in [5.74, 6) is 1.08. The van der Waals surface area contributed by atoms with Gasteiger partial charge in [-0.05, 0) is 22.6 Å². The zero-order valence-electron chi connectivity index (χ0n) is 17.2. The Morgan fingerprint density at radius 1 is 1.09 bits per heavy atom. The van der Waals surface area contributed by atoms with Crippen molar-refractivity contribution < 1.29 is 18.7 Å². The van der Waals surface area contributed by atoms with E-state index in [9.17, 15) is 4.79 Å². The lowest BCUT2D eigenvalue weighted by Crippen LogP contribution is -2.20. The SMILES string of the molecule is COc1cc(NC(=O)/C(=C\c2ccco2)n2nnnc2-c2ccccc2)c(OC)cc1Cl. The number of furan rings is 1. The number of halogens is 1. The summed E-state index contributed by atoms with van der Waals surface area (Å²) in [7, 11) is 2.96. The molecule has 0 radical (unpaired) electrons. The third-order valence-electron chi connectivity index (χ3n) is 4.51. The number of aromatic nitrogens is 4. The highest BCUT2D eigenvalue weighted by molar-refractivity contribution is 6.32. The Bertz CT molecular complexity index is 1250. The predicted molar refractivity (Wildman–Crippen MR) is 119 cm³/mol. The number of carbonyl (C=O) groups is 1. The van der Waals surface area contributed by atoms with Gasteiger partial charge in [0.15, 0.2) is 5.82 Å². The van der Waals surface area contributed by atoms with Gasteiger partial charge in [0.2, 0.25) is 0 Å². The van der Waals surface area contributed by atoms with Crippen LogP contribution in [0.25, 0.3) is 23.2 Å². The molecule has 0 fully saturated rings. The van der Waals surface area contributed by atoms with Crippen LogP contribution in [0.3, 0.4) is 0 Å². The molecule has 4 rings (SSSR count). The number of anilines is 1. The summed E-state index contributed by atoms with van der Waals surface area (Å²) in [6.07, 6.45) is 3.05. The summed E-state index contributed by atoms with van der Waals surface area (Å²) in [5.41, 5.74) is 1.22. The first-order chi connectivity index (χ1) is 15.6. The number of methoxy groups -OCH3 is 2. The Morgan fingerprint density at radius 2 is 1.88 bits per heavy atom. The van der Waals surface area contributed by atoms with Crippen LogP contribution in [0.2, 0.25) is 5.02 Å². The molecule has 0 aliphatic carbocycles. The Kier molecular flexibility index (Phi) is 6.18. The summed E-state index contributed by atoms with van der Waals surface area (Å²) in [4.78, 5) is 13.4. The maximum atomic E-state index is 13.4. The van der Waals surface area contributed by atoms with Crippen molar-refractivity contribution in [3.8, 4) is 22.9 Å². The lowest BCUT2D eigenvalue weighted by Gasteiger charge is -2.14. The highest BCUT2D eigenvalue weighted by Crippen LogP contribution is 2.36. The van der Waals surface area contributed by atoms with E-state index in [1.165, 1.54) is 31.2 Å². The molecule has 2 heterocycles. The van der Waals surface area contributed by atoms with Crippen LogP contribution in [0.4, 0.5) is 5.69 Å². The molecule has 1 N–H and O–H groups in total. The van der Waals surface area contributed by atoms with E-state index >= 15 is 0 Å². The number of nitrogens with zero attached hydrogens (tertiary/aromatic N) is 4. The van der Waals surface area contributed by atoms with E-state index in [2.05, 4.69) is 20.8 Å². The van der Waals surface area contributed by atoms with Gasteiger partial charge in [0.05, 0.1) is 31.2 Å². The van der Waals surface area contributed by atoms with Gasteiger partial charge in [-0.3, -0.25) is 4.79 Å². The van der Waals surface area contributed by atoms with Crippen LogP contribution in [-0.4, -0.2) is 40.3 Å². The molecule has 2 aromatic heterocycles. The molecule has 1 amide bonds. The lowest BCUT2D eigenvalue weighted by atomic mass is 10.2. The van der Waals surface area contributed by atoms with E-state index in [0.29, 0.717) is 33.8 Å². The largest absolute Gasteiger partial charge is 0.495 e. The van der Waals surface area contributed by atoms with Crippen molar-refractivity contribution in [2.75, 3.05) is 19.5 Å².